The van der Waals surface area contributed by atoms with Crippen LogP contribution >= 0.6 is 0 Å². The monoisotopic (exact) mass is 416 g/mol. The van der Waals surface area contributed by atoms with Crippen LogP contribution < -0.4 is 0 Å². The van der Waals surface area contributed by atoms with E-state index in [2.05, 4.69) is 27.7 Å². The molecular formula is C25H36O5. The van der Waals surface area contributed by atoms with Crippen molar-refractivity contribution >= 4 is 11.9 Å². The van der Waals surface area contributed by atoms with E-state index in [0.29, 0.717) is 29.2 Å². The van der Waals surface area contributed by atoms with Crippen molar-refractivity contribution in [1.82, 2.24) is 0 Å². The van der Waals surface area contributed by atoms with E-state index in [1.807, 2.05) is 6.08 Å². The Morgan fingerprint density at radius 2 is 1.80 bits per heavy atom. The third-order valence-electron chi connectivity index (χ3n) is 9.41. The van der Waals surface area contributed by atoms with Crippen LogP contribution in [0.2, 0.25) is 0 Å². The molecule has 2 N–H and O–H groups in total. The van der Waals surface area contributed by atoms with E-state index in [9.17, 15) is 19.8 Å². The molecule has 0 aromatic rings. The van der Waals surface area contributed by atoms with Gasteiger partial charge >= 0.3 is 11.9 Å². The van der Waals surface area contributed by atoms with Crippen molar-refractivity contribution in [3.8, 4) is 0 Å². The molecule has 7 atom stereocenters. The molecule has 0 amide bonds. The molecule has 30 heavy (non-hydrogen) atoms. The normalized spacial score (nSPS) is 45.4. The van der Waals surface area contributed by atoms with Crippen molar-refractivity contribution in [2.45, 2.75) is 78.9 Å². The summed E-state index contributed by atoms with van der Waals surface area (Å²) >= 11 is 0. The molecular weight excluding hydrogens is 380 g/mol. The third kappa shape index (κ3) is 3.24. The van der Waals surface area contributed by atoms with Crippen molar-refractivity contribution in [2.24, 2.45) is 39.9 Å². The van der Waals surface area contributed by atoms with E-state index < -0.39 is 24.1 Å². The summed E-state index contributed by atoms with van der Waals surface area (Å²) in [4.78, 5) is 23.6. The number of fused-ring (bicyclic) bond motifs is 3. The number of allylic oxidation sites excluding steroid dienone is 1. The molecule has 0 bridgehead atoms. The van der Waals surface area contributed by atoms with Crippen molar-refractivity contribution in [3.63, 3.8) is 0 Å². The summed E-state index contributed by atoms with van der Waals surface area (Å²) in [6.45, 7) is 9.61. The number of esters is 1. The van der Waals surface area contributed by atoms with Crippen LogP contribution in [0.1, 0.15) is 72.6 Å². The molecule has 0 aromatic carbocycles. The molecule has 4 aliphatic rings. The Kier molecular flexibility index (Phi) is 5.20. The second kappa shape index (κ2) is 7.22. The number of hydrogen-bond acceptors (Lipinski definition) is 4. The maximum atomic E-state index is 12.2. The van der Waals surface area contributed by atoms with Gasteiger partial charge in [0.2, 0.25) is 6.29 Å². The highest BCUT2D eigenvalue weighted by Gasteiger charge is 2.62. The largest absolute Gasteiger partial charge is 0.481 e. The Morgan fingerprint density at radius 1 is 1.07 bits per heavy atom. The number of aliphatic carboxylic acids is 1. The van der Waals surface area contributed by atoms with Crippen LogP contribution in [0.25, 0.3) is 0 Å². The van der Waals surface area contributed by atoms with E-state index in [1.165, 1.54) is 25.3 Å². The minimum absolute atomic E-state index is 0.106. The van der Waals surface area contributed by atoms with Crippen LogP contribution in [0.3, 0.4) is 0 Å². The number of ether oxygens (including phenoxy) is 1. The number of rotatable bonds is 3. The third-order valence-corrected chi connectivity index (χ3v) is 9.41. The zero-order valence-electron chi connectivity index (χ0n) is 18.7. The molecule has 5 heteroatoms. The van der Waals surface area contributed by atoms with Crippen molar-refractivity contribution in [1.29, 1.82) is 0 Å². The number of hydrogen-bond donors (Lipinski definition) is 2. The molecule has 166 valence electrons. The minimum Gasteiger partial charge on any atom is -0.481 e. The Hall–Kier alpha value is -1.62. The van der Waals surface area contributed by atoms with E-state index in [1.54, 1.807) is 6.08 Å². The Labute approximate surface area is 179 Å². The van der Waals surface area contributed by atoms with Crippen LogP contribution in [-0.4, -0.2) is 28.4 Å². The lowest BCUT2D eigenvalue weighted by molar-refractivity contribution is -0.177. The van der Waals surface area contributed by atoms with Gasteiger partial charge in [-0.05, 0) is 72.5 Å². The molecule has 0 saturated heterocycles. The first-order valence-electron chi connectivity index (χ1n) is 11.5. The van der Waals surface area contributed by atoms with Gasteiger partial charge in [-0.3, -0.25) is 4.79 Å². The number of carbonyl (C=O) groups is 2. The van der Waals surface area contributed by atoms with Gasteiger partial charge in [-0.1, -0.05) is 46.3 Å². The SMILES string of the molecule is CC1(C)CCC[C@@]2(C)C1CC[C@@]1(C)[C@H](/C=C/C3=CC(=O)OC3O)[C@@H](C(=O)O)CC[C@@H]12. The van der Waals surface area contributed by atoms with Crippen LogP contribution in [0.5, 0.6) is 0 Å². The summed E-state index contributed by atoms with van der Waals surface area (Å²) in [5.74, 6) is -0.700. The van der Waals surface area contributed by atoms with Crippen molar-refractivity contribution in [2.75, 3.05) is 0 Å². The Morgan fingerprint density at radius 3 is 2.43 bits per heavy atom. The lowest BCUT2D eigenvalue weighted by Gasteiger charge is -2.66. The average molecular weight is 417 g/mol. The first-order chi connectivity index (χ1) is 14.0. The first kappa shape index (κ1) is 21.6. The highest BCUT2D eigenvalue weighted by molar-refractivity contribution is 5.86. The minimum atomic E-state index is -1.25. The molecule has 0 spiro atoms. The maximum absolute atomic E-state index is 12.2. The highest BCUT2D eigenvalue weighted by atomic mass is 16.6. The molecule has 0 radical (unpaired) electrons. The van der Waals surface area contributed by atoms with E-state index >= 15 is 0 Å². The van der Waals surface area contributed by atoms with Gasteiger partial charge in [-0.2, -0.15) is 0 Å². The van der Waals surface area contributed by atoms with Gasteiger partial charge in [0.1, 0.15) is 0 Å². The number of aliphatic hydroxyl groups excluding tert-OH is 1. The molecule has 0 aromatic heterocycles. The second-order valence-corrected chi connectivity index (χ2v) is 11.3. The molecule has 2 unspecified atom stereocenters. The van der Waals surface area contributed by atoms with E-state index in [-0.39, 0.29) is 16.7 Å². The maximum Gasteiger partial charge on any atom is 0.333 e. The molecule has 1 heterocycles. The fraction of sp³-hybridized carbons (Fsp3) is 0.760. The topological polar surface area (TPSA) is 83.8 Å². The average Bonchev–Trinajstić information content (AvgIpc) is 2.95. The van der Waals surface area contributed by atoms with Crippen LogP contribution in [0.15, 0.2) is 23.8 Å². The Bertz CT molecular complexity index is 795. The van der Waals surface area contributed by atoms with Crippen molar-refractivity contribution < 1.29 is 24.5 Å². The fourth-order valence-corrected chi connectivity index (χ4v) is 8.13. The first-order valence-corrected chi connectivity index (χ1v) is 11.5. The summed E-state index contributed by atoms with van der Waals surface area (Å²) in [7, 11) is 0. The van der Waals surface area contributed by atoms with E-state index in [0.717, 1.165) is 19.3 Å². The van der Waals surface area contributed by atoms with Gasteiger partial charge in [0.15, 0.2) is 0 Å². The van der Waals surface area contributed by atoms with Crippen LogP contribution in [0, 0.1) is 39.9 Å². The summed E-state index contributed by atoms with van der Waals surface area (Å²) in [6, 6.07) is 0. The summed E-state index contributed by atoms with van der Waals surface area (Å²) in [5.41, 5.74) is 0.870. The molecule has 4 rings (SSSR count). The fourth-order valence-electron chi connectivity index (χ4n) is 8.13. The Balaban J connectivity index is 1.70. The summed E-state index contributed by atoms with van der Waals surface area (Å²) in [5, 5.41) is 19.9. The summed E-state index contributed by atoms with van der Waals surface area (Å²) in [6.07, 6.45) is 11.3. The van der Waals surface area contributed by atoms with Gasteiger partial charge in [-0.25, -0.2) is 4.79 Å². The molecule has 3 saturated carbocycles. The zero-order valence-corrected chi connectivity index (χ0v) is 18.7. The highest BCUT2D eigenvalue weighted by Crippen LogP contribution is 2.69. The van der Waals surface area contributed by atoms with Gasteiger partial charge in [0, 0.05) is 11.6 Å². The lowest BCUT2D eigenvalue weighted by atomic mass is 9.38. The molecule has 1 aliphatic heterocycles. The zero-order chi connectivity index (χ0) is 21.9. The smallest absolute Gasteiger partial charge is 0.333 e. The number of aliphatic hydroxyl groups is 1. The van der Waals surface area contributed by atoms with Gasteiger partial charge in [0.05, 0.1) is 5.92 Å². The van der Waals surface area contributed by atoms with Gasteiger partial charge in [-0.15, -0.1) is 0 Å². The van der Waals surface area contributed by atoms with Crippen LogP contribution in [0.4, 0.5) is 0 Å². The van der Waals surface area contributed by atoms with E-state index in [4.69, 9.17) is 4.74 Å². The number of carbonyl (C=O) groups excluding carboxylic acids is 1. The molecule has 3 aliphatic carbocycles. The summed E-state index contributed by atoms with van der Waals surface area (Å²) < 4.78 is 4.79. The lowest BCUT2D eigenvalue weighted by Crippen LogP contribution is -2.59. The number of carboxylic acid groups (broad SMARTS) is 1. The van der Waals surface area contributed by atoms with Gasteiger partial charge in [0.25, 0.3) is 0 Å². The van der Waals surface area contributed by atoms with Gasteiger partial charge < -0.3 is 14.9 Å². The second-order valence-electron chi connectivity index (χ2n) is 11.3. The molecule has 3 fully saturated rings. The predicted molar refractivity (Wildman–Crippen MR) is 113 cm³/mol. The predicted octanol–water partition coefficient (Wildman–Crippen LogP) is 4.70. The molecule has 5 nitrogen and oxygen atoms in total. The van der Waals surface area contributed by atoms with Crippen molar-refractivity contribution in [3.05, 3.63) is 23.8 Å². The standard InChI is InChI=1S/C25H36O5/c1-23(2)11-5-12-25(4)18(23)10-13-24(3)17(16(21(27)28)7-9-19(24)25)8-6-15-14-20(26)30-22(15)29/h6,8,14,16-19,22,29H,5,7,9-13H2,1-4H3,(H,27,28)/b8-6+/t16-,17+,18?,19-,22?,24-,25-/m0/s1. The quantitative estimate of drug-likeness (QED) is 0.651. The number of cyclic esters (lactones) is 1. The van der Waals surface area contributed by atoms with Crippen LogP contribution in [-0.2, 0) is 14.3 Å². The number of carboxylic acids is 1.